The van der Waals surface area contributed by atoms with Gasteiger partial charge in [-0.15, -0.1) is 0 Å². The Kier molecular flexibility index (Phi) is 13.1. The summed E-state index contributed by atoms with van der Waals surface area (Å²) in [6.07, 6.45) is 18.9. The van der Waals surface area contributed by atoms with E-state index >= 15 is 4.39 Å². The molecule has 0 N–H and O–H groups in total. The number of rotatable bonds is 17. The Morgan fingerprint density at radius 2 is 1.71 bits per heavy atom. The standard InChI is InChI=1S/C38H49ClFNO/c1-3-5-16-33(42)27-29-22-20-28(21-23-29)12-6-7-13-32-14-8-9-26-41-38(37(32)40)35(31-24-25-31)18-11-17-34-30(4-2)15-10-19-36(34)39/h10,14-15,19-23,26,31,35H,3-9,11-13,16-18,24-25,27H2,1-2H3/b32-14-,38-37+,41-26+. The highest BCUT2D eigenvalue weighted by molar-refractivity contribution is 6.31. The van der Waals surface area contributed by atoms with Crippen LogP contribution < -0.4 is 0 Å². The summed E-state index contributed by atoms with van der Waals surface area (Å²) in [5.74, 6) is 0.992. The fourth-order valence-electron chi connectivity index (χ4n) is 6.24. The van der Waals surface area contributed by atoms with Crippen LogP contribution in [0.3, 0.4) is 0 Å². The molecule has 1 atom stereocenters. The molecule has 0 aromatic heterocycles. The molecule has 1 heterocycles. The molecule has 1 aliphatic carbocycles. The second kappa shape index (κ2) is 16.9. The van der Waals surface area contributed by atoms with Crippen LogP contribution in [0.1, 0.15) is 113 Å². The van der Waals surface area contributed by atoms with Crippen molar-refractivity contribution in [3.63, 3.8) is 0 Å². The number of ketones is 1. The minimum absolute atomic E-state index is 0.0630. The average Bonchev–Trinajstić information content (AvgIpc) is 3.83. The monoisotopic (exact) mass is 589 g/mol. The molecule has 1 aliphatic heterocycles. The maximum Gasteiger partial charge on any atom is 0.147 e. The van der Waals surface area contributed by atoms with Gasteiger partial charge in [0, 0.05) is 30.0 Å². The Hall–Kier alpha value is -2.52. The number of halogens is 2. The summed E-state index contributed by atoms with van der Waals surface area (Å²) in [5, 5.41) is 0.852. The van der Waals surface area contributed by atoms with Crippen LogP contribution in [0.25, 0.3) is 0 Å². The summed E-state index contributed by atoms with van der Waals surface area (Å²) in [6, 6.07) is 14.7. The number of hydrogen-bond donors (Lipinski definition) is 0. The van der Waals surface area contributed by atoms with E-state index in [4.69, 9.17) is 16.6 Å². The Bertz CT molecular complexity index is 1250. The Morgan fingerprint density at radius 3 is 2.45 bits per heavy atom. The first kappa shape index (κ1) is 32.4. The highest BCUT2D eigenvalue weighted by Crippen LogP contribution is 2.46. The van der Waals surface area contributed by atoms with Gasteiger partial charge in [-0.25, -0.2) is 4.39 Å². The lowest BCUT2D eigenvalue weighted by molar-refractivity contribution is -0.118. The minimum Gasteiger partial charge on any atom is -0.299 e. The number of aryl methyl sites for hydroxylation is 2. The molecular formula is C38H49ClFNO. The van der Waals surface area contributed by atoms with E-state index in [-0.39, 0.29) is 11.7 Å². The Morgan fingerprint density at radius 1 is 0.952 bits per heavy atom. The predicted molar refractivity (Wildman–Crippen MR) is 176 cm³/mol. The minimum atomic E-state index is -0.0630. The van der Waals surface area contributed by atoms with Gasteiger partial charge in [0.2, 0.25) is 0 Å². The third-order valence-electron chi connectivity index (χ3n) is 8.90. The number of carbonyl (C=O) groups excluding carboxylic acids is 1. The number of unbranched alkanes of at least 4 members (excludes halogenated alkanes) is 2. The smallest absolute Gasteiger partial charge is 0.147 e. The molecular weight excluding hydrogens is 541 g/mol. The van der Waals surface area contributed by atoms with Gasteiger partial charge in [-0.05, 0) is 123 Å². The van der Waals surface area contributed by atoms with E-state index in [1.807, 2.05) is 18.3 Å². The van der Waals surface area contributed by atoms with Crippen molar-refractivity contribution in [1.82, 2.24) is 0 Å². The van der Waals surface area contributed by atoms with Crippen LogP contribution >= 0.6 is 11.6 Å². The van der Waals surface area contributed by atoms with Gasteiger partial charge in [-0.3, -0.25) is 9.79 Å². The zero-order valence-corrected chi connectivity index (χ0v) is 26.5. The molecule has 1 fully saturated rings. The van der Waals surface area contributed by atoms with Crippen molar-refractivity contribution in [2.24, 2.45) is 16.8 Å². The van der Waals surface area contributed by atoms with Crippen LogP contribution in [0, 0.1) is 11.8 Å². The molecule has 4 heteroatoms. The average molecular weight is 590 g/mol. The van der Waals surface area contributed by atoms with Crippen molar-refractivity contribution in [2.75, 3.05) is 0 Å². The third-order valence-corrected chi connectivity index (χ3v) is 9.25. The van der Waals surface area contributed by atoms with Gasteiger partial charge in [-0.1, -0.05) is 74.3 Å². The Balaban J connectivity index is 1.32. The molecule has 42 heavy (non-hydrogen) atoms. The zero-order chi connectivity index (χ0) is 29.7. The summed E-state index contributed by atoms with van der Waals surface area (Å²) < 4.78 is 16.1. The van der Waals surface area contributed by atoms with Crippen LogP contribution in [0.5, 0.6) is 0 Å². The molecule has 2 aromatic rings. The molecule has 0 saturated heterocycles. The van der Waals surface area contributed by atoms with Crippen molar-refractivity contribution in [2.45, 2.75) is 117 Å². The topological polar surface area (TPSA) is 29.4 Å². The summed E-state index contributed by atoms with van der Waals surface area (Å²) in [7, 11) is 0. The quantitative estimate of drug-likeness (QED) is 0.169. The molecule has 226 valence electrons. The molecule has 2 aromatic carbocycles. The normalized spacial score (nSPS) is 20.0. The summed E-state index contributed by atoms with van der Waals surface area (Å²) in [4.78, 5) is 16.9. The van der Waals surface area contributed by atoms with Crippen LogP contribution in [-0.2, 0) is 30.5 Å². The zero-order valence-electron chi connectivity index (χ0n) is 25.8. The molecule has 0 spiro atoms. The number of aliphatic imine (C=N–C) groups is 1. The van der Waals surface area contributed by atoms with E-state index < -0.39 is 0 Å². The number of allylic oxidation sites excluding steroid dienone is 4. The van der Waals surface area contributed by atoms with Crippen molar-refractivity contribution < 1.29 is 9.18 Å². The highest BCUT2D eigenvalue weighted by Gasteiger charge is 2.35. The van der Waals surface area contributed by atoms with Gasteiger partial charge < -0.3 is 0 Å². The van der Waals surface area contributed by atoms with Gasteiger partial charge in [0.25, 0.3) is 0 Å². The van der Waals surface area contributed by atoms with E-state index in [1.165, 1.54) is 29.5 Å². The number of carbonyl (C=O) groups is 1. The largest absolute Gasteiger partial charge is 0.299 e. The second-order valence-electron chi connectivity index (χ2n) is 12.2. The first-order valence-electron chi connectivity index (χ1n) is 16.5. The van der Waals surface area contributed by atoms with Crippen LogP contribution in [0.15, 0.2) is 70.6 Å². The Labute approximate surface area is 258 Å². The van der Waals surface area contributed by atoms with Crippen molar-refractivity contribution >= 4 is 23.6 Å². The van der Waals surface area contributed by atoms with Gasteiger partial charge in [0.15, 0.2) is 0 Å². The van der Waals surface area contributed by atoms with Gasteiger partial charge in [0.05, 0.1) is 5.70 Å². The molecule has 1 saturated carbocycles. The number of nitrogens with zero attached hydrogens (tertiary/aromatic N) is 1. The molecule has 1 unspecified atom stereocenters. The summed E-state index contributed by atoms with van der Waals surface area (Å²) in [6.45, 7) is 4.29. The van der Waals surface area contributed by atoms with Crippen molar-refractivity contribution in [1.29, 1.82) is 0 Å². The lowest BCUT2D eigenvalue weighted by Gasteiger charge is -2.21. The third kappa shape index (κ3) is 9.76. The van der Waals surface area contributed by atoms with Gasteiger partial charge in [-0.2, -0.15) is 0 Å². The molecule has 2 aliphatic rings. The van der Waals surface area contributed by atoms with E-state index in [0.29, 0.717) is 30.2 Å². The van der Waals surface area contributed by atoms with Crippen LogP contribution in [0.2, 0.25) is 5.02 Å². The first-order chi connectivity index (χ1) is 20.5. The van der Waals surface area contributed by atoms with E-state index in [2.05, 4.69) is 50.3 Å². The van der Waals surface area contributed by atoms with Gasteiger partial charge >= 0.3 is 0 Å². The molecule has 0 amide bonds. The highest BCUT2D eigenvalue weighted by atomic mass is 35.5. The fourth-order valence-corrected chi connectivity index (χ4v) is 6.53. The van der Waals surface area contributed by atoms with Crippen LogP contribution in [0.4, 0.5) is 4.39 Å². The van der Waals surface area contributed by atoms with E-state index in [1.54, 1.807) is 0 Å². The maximum atomic E-state index is 16.1. The fraction of sp³-hybridized carbons (Fsp3) is 0.526. The summed E-state index contributed by atoms with van der Waals surface area (Å²) >= 11 is 6.56. The summed E-state index contributed by atoms with van der Waals surface area (Å²) in [5.41, 5.74) is 6.50. The lowest BCUT2D eigenvalue weighted by atomic mass is 9.88. The lowest BCUT2D eigenvalue weighted by Crippen LogP contribution is -2.10. The SMILES string of the molecule is CCCCC(=O)Cc1ccc(CCCCC2=C/CC/C=N/C(C(CCCc3c(Cl)cccc3CC)C3CC3)=C\2F)cc1. The number of benzene rings is 2. The molecule has 4 rings (SSSR count). The number of hydrogen-bond acceptors (Lipinski definition) is 2. The second-order valence-corrected chi connectivity index (χ2v) is 12.6. The van der Waals surface area contributed by atoms with Crippen molar-refractivity contribution in [3.05, 3.63) is 92.9 Å². The van der Waals surface area contributed by atoms with E-state index in [0.717, 1.165) is 93.2 Å². The predicted octanol–water partition coefficient (Wildman–Crippen LogP) is 10.9. The first-order valence-corrected chi connectivity index (χ1v) is 16.8. The molecule has 0 radical (unpaired) electrons. The van der Waals surface area contributed by atoms with Crippen LogP contribution in [-0.4, -0.2) is 12.0 Å². The van der Waals surface area contributed by atoms with E-state index in [9.17, 15) is 4.79 Å². The number of Topliss-reactive ketones (excluding diaryl/α,β-unsaturated/α-hetero) is 1. The molecule has 2 nitrogen and oxygen atoms in total. The van der Waals surface area contributed by atoms with Crippen molar-refractivity contribution in [3.8, 4) is 0 Å². The maximum absolute atomic E-state index is 16.1. The molecule has 0 bridgehead atoms. The van der Waals surface area contributed by atoms with Gasteiger partial charge in [0.1, 0.15) is 11.6 Å².